The first kappa shape index (κ1) is 20.7. The molecule has 24 heavy (non-hydrogen) atoms. The highest BCUT2D eigenvalue weighted by Crippen LogP contribution is 2.49. The third-order valence-corrected chi connectivity index (χ3v) is 5.19. The molecule has 0 saturated carbocycles. The minimum Gasteiger partial charge on any atom is -0.466 e. The second-order valence-electron chi connectivity index (χ2n) is 7.96. The van der Waals surface area contributed by atoms with E-state index in [0.717, 1.165) is 0 Å². The first-order chi connectivity index (χ1) is 11.0. The number of ether oxygens (including phenoxy) is 2. The van der Waals surface area contributed by atoms with E-state index in [0.29, 0.717) is 25.9 Å². The van der Waals surface area contributed by atoms with Crippen LogP contribution in [0, 0.1) is 5.41 Å². The Labute approximate surface area is 146 Å². The largest absolute Gasteiger partial charge is 0.466 e. The standard InChI is InChI=1S/C19H33NO4/c1-8-10-15(21)24-12-11-19(16(22)23-9-2)13-17(3,4)20(7)18(5,6)14-19/h8,10H,9,11-14H2,1-7H3/b10-8+. The van der Waals surface area contributed by atoms with Gasteiger partial charge in [-0.3, -0.25) is 9.69 Å². The van der Waals surface area contributed by atoms with E-state index in [2.05, 4.69) is 39.6 Å². The molecule has 1 fully saturated rings. The number of nitrogens with zero attached hydrogens (tertiary/aromatic N) is 1. The minimum atomic E-state index is -0.633. The van der Waals surface area contributed by atoms with E-state index in [1.807, 2.05) is 6.92 Å². The Bertz CT molecular complexity index is 476. The third kappa shape index (κ3) is 4.59. The van der Waals surface area contributed by atoms with Gasteiger partial charge in [-0.2, -0.15) is 0 Å². The molecule has 1 rings (SSSR count). The molecule has 138 valence electrons. The molecular formula is C19H33NO4. The summed E-state index contributed by atoms with van der Waals surface area (Å²) in [6.45, 7) is 12.8. The third-order valence-electron chi connectivity index (χ3n) is 5.19. The molecule has 0 radical (unpaired) electrons. The van der Waals surface area contributed by atoms with Crippen LogP contribution in [0.2, 0.25) is 0 Å². The van der Waals surface area contributed by atoms with Crippen LogP contribution in [-0.4, -0.2) is 48.2 Å². The molecule has 0 aromatic carbocycles. The molecule has 0 N–H and O–H groups in total. The van der Waals surface area contributed by atoms with Gasteiger partial charge in [0.25, 0.3) is 0 Å². The molecule has 1 aliphatic rings. The monoisotopic (exact) mass is 339 g/mol. The van der Waals surface area contributed by atoms with Crippen molar-refractivity contribution >= 4 is 11.9 Å². The fraction of sp³-hybridized carbons (Fsp3) is 0.789. The van der Waals surface area contributed by atoms with E-state index in [1.54, 1.807) is 13.0 Å². The highest BCUT2D eigenvalue weighted by molar-refractivity contribution is 5.82. The topological polar surface area (TPSA) is 55.8 Å². The quantitative estimate of drug-likeness (QED) is 0.549. The normalized spacial score (nSPS) is 22.3. The van der Waals surface area contributed by atoms with Gasteiger partial charge in [0.15, 0.2) is 0 Å². The maximum absolute atomic E-state index is 12.8. The molecular weight excluding hydrogens is 306 g/mol. The van der Waals surface area contributed by atoms with Crippen LogP contribution in [0.4, 0.5) is 0 Å². The lowest BCUT2D eigenvalue weighted by Crippen LogP contribution is -2.63. The van der Waals surface area contributed by atoms with Crippen LogP contribution >= 0.6 is 0 Å². The molecule has 0 unspecified atom stereocenters. The molecule has 1 heterocycles. The van der Waals surface area contributed by atoms with Crippen LogP contribution in [-0.2, 0) is 19.1 Å². The summed E-state index contributed by atoms with van der Waals surface area (Å²) in [5.41, 5.74) is -0.935. The first-order valence-corrected chi connectivity index (χ1v) is 8.71. The van der Waals surface area contributed by atoms with Crippen LogP contribution in [0.15, 0.2) is 12.2 Å². The van der Waals surface area contributed by atoms with E-state index in [9.17, 15) is 9.59 Å². The molecule has 1 aliphatic heterocycles. The molecule has 0 spiro atoms. The lowest BCUT2D eigenvalue weighted by atomic mass is 9.63. The van der Waals surface area contributed by atoms with Crippen molar-refractivity contribution in [1.29, 1.82) is 0 Å². The molecule has 0 amide bonds. The van der Waals surface area contributed by atoms with E-state index < -0.39 is 5.41 Å². The summed E-state index contributed by atoms with van der Waals surface area (Å²) in [6, 6.07) is 0. The minimum absolute atomic E-state index is 0.151. The summed E-state index contributed by atoms with van der Waals surface area (Å²) in [7, 11) is 2.10. The highest BCUT2D eigenvalue weighted by atomic mass is 16.5. The Kier molecular flexibility index (Phi) is 6.62. The lowest BCUT2D eigenvalue weighted by Gasteiger charge is -2.57. The van der Waals surface area contributed by atoms with E-state index in [4.69, 9.17) is 9.47 Å². The fourth-order valence-electron chi connectivity index (χ4n) is 4.01. The maximum Gasteiger partial charge on any atom is 0.330 e. The Balaban J connectivity index is 3.03. The second kappa shape index (κ2) is 7.68. The average molecular weight is 339 g/mol. The Morgan fingerprint density at radius 1 is 1.08 bits per heavy atom. The molecule has 0 bridgehead atoms. The van der Waals surface area contributed by atoms with E-state index in [-0.39, 0.29) is 29.6 Å². The number of rotatable bonds is 6. The molecule has 0 aromatic heterocycles. The van der Waals surface area contributed by atoms with Crippen molar-refractivity contribution < 1.29 is 19.1 Å². The number of esters is 2. The smallest absolute Gasteiger partial charge is 0.330 e. The van der Waals surface area contributed by atoms with Gasteiger partial charge in [-0.1, -0.05) is 6.08 Å². The molecule has 5 heteroatoms. The van der Waals surface area contributed by atoms with Gasteiger partial charge >= 0.3 is 11.9 Å². The van der Waals surface area contributed by atoms with Crippen molar-refractivity contribution in [3.05, 3.63) is 12.2 Å². The van der Waals surface area contributed by atoms with Crippen LogP contribution in [0.25, 0.3) is 0 Å². The Morgan fingerprint density at radius 2 is 1.62 bits per heavy atom. The van der Waals surface area contributed by atoms with Gasteiger partial charge in [-0.15, -0.1) is 0 Å². The average Bonchev–Trinajstić information content (AvgIpc) is 2.44. The van der Waals surface area contributed by atoms with Crippen molar-refractivity contribution in [3.8, 4) is 0 Å². The van der Waals surface area contributed by atoms with Crippen LogP contribution in [0.1, 0.15) is 60.8 Å². The number of allylic oxidation sites excluding steroid dienone is 1. The Hall–Kier alpha value is -1.36. The molecule has 1 saturated heterocycles. The van der Waals surface area contributed by atoms with Crippen LogP contribution < -0.4 is 0 Å². The zero-order valence-corrected chi connectivity index (χ0v) is 16.3. The van der Waals surface area contributed by atoms with E-state index >= 15 is 0 Å². The van der Waals surface area contributed by atoms with E-state index in [1.165, 1.54) is 6.08 Å². The van der Waals surface area contributed by atoms with Crippen LogP contribution in [0.5, 0.6) is 0 Å². The molecule has 0 atom stereocenters. The van der Waals surface area contributed by atoms with Gasteiger partial charge in [0.1, 0.15) is 0 Å². The summed E-state index contributed by atoms with van der Waals surface area (Å²) >= 11 is 0. The molecule has 0 aromatic rings. The summed E-state index contributed by atoms with van der Waals surface area (Å²) in [5, 5.41) is 0. The fourth-order valence-corrected chi connectivity index (χ4v) is 4.01. The van der Waals surface area contributed by atoms with Crippen molar-refractivity contribution in [2.24, 2.45) is 5.41 Å². The molecule has 5 nitrogen and oxygen atoms in total. The predicted molar refractivity (Wildman–Crippen MR) is 94.6 cm³/mol. The highest BCUT2D eigenvalue weighted by Gasteiger charge is 2.54. The number of hydrogen-bond acceptors (Lipinski definition) is 5. The predicted octanol–water partition coefficient (Wildman–Crippen LogP) is 3.33. The van der Waals surface area contributed by atoms with Gasteiger partial charge in [-0.25, -0.2) is 4.79 Å². The summed E-state index contributed by atoms with van der Waals surface area (Å²) < 4.78 is 10.7. The second-order valence-corrected chi connectivity index (χ2v) is 7.96. The van der Waals surface area contributed by atoms with Crippen molar-refractivity contribution in [2.75, 3.05) is 20.3 Å². The van der Waals surface area contributed by atoms with Crippen molar-refractivity contribution in [1.82, 2.24) is 4.90 Å². The first-order valence-electron chi connectivity index (χ1n) is 8.71. The summed E-state index contributed by atoms with van der Waals surface area (Å²) in [6.07, 6.45) is 4.88. The van der Waals surface area contributed by atoms with Gasteiger partial charge in [0.2, 0.25) is 0 Å². The number of carbonyl (C=O) groups is 2. The Morgan fingerprint density at radius 3 is 2.08 bits per heavy atom. The maximum atomic E-state index is 12.8. The number of hydrogen-bond donors (Lipinski definition) is 0. The number of carbonyl (C=O) groups excluding carboxylic acids is 2. The van der Waals surface area contributed by atoms with Gasteiger partial charge in [0, 0.05) is 17.2 Å². The van der Waals surface area contributed by atoms with Crippen molar-refractivity contribution in [2.45, 2.75) is 71.9 Å². The number of piperidine rings is 1. The summed E-state index contributed by atoms with van der Waals surface area (Å²) in [5.74, 6) is -0.552. The van der Waals surface area contributed by atoms with Crippen LogP contribution in [0.3, 0.4) is 0 Å². The summed E-state index contributed by atoms with van der Waals surface area (Å²) in [4.78, 5) is 26.7. The molecule has 0 aliphatic carbocycles. The van der Waals surface area contributed by atoms with Gasteiger partial charge in [-0.05, 0) is 67.9 Å². The number of likely N-dealkylation sites (tertiary alicyclic amines) is 1. The van der Waals surface area contributed by atoms with Gasteiger partial charge < -0.3 is 9.47 Å². The zero-order chi connectivity index (χ0) is 18.6. The lowest BCUT2D eigenvalue weighted by molar-refractivity contribution is -0.172. The van der Waals surface area contributed by atoms with Gasteiger partial charge in [0.05, 0.1) is 18.6 Å². The SMILES string of the molecule is C/C=C/C(=O)OCCC1(C(=O)OCC)CC(C)(C)N(C)C(C)(C)C1. The zero-order valence-electron chi connectivity index (χ0n) is 16.3. The van der Waals surface area contributed by atoms with Crippen molar-refractivity contribution in [3.63, 3.8) is 0 Å².